The van der Waals surface area contributed by atoms with Gasteiger partial charge in [-0.1, -0.05) is 0 Å². The maximum Gasteiger partial charge on any atom is 0.225 e. The first-order valence-electron chi connectivity index (χ1n) is 5.22. The normalized spacial score (nSPS) is 20.1. The highest BCUT2D eigenvalue weighted by atomic mass is 35.5. The molecule has 0 bridgehead atoms. The zero-order valence-corrected chi connectivity index (χ0v) is 10.3. The summed E-state index contributed by atoms with van der Waals surface area (Å²) in [6.45, 7) is 2.34. The highest BCUT2D eigenvalue weighted by molar-refractivity contribution is 5.85. The van der Waals surface area contributed by atoms with E-state index in [9.17, 15) is 4.79 Å². The number of likely N-dealkylation sites (tertiary alicyclic amines) is 1. The molecule has 1 rings (SSSR count). The molecule has 1 N–H and O–H groups in total. The average Bonchev–Trinajstić information content (AvgIpc) is 2.63. The monoisotopic (exact) mass is 236 g/mol. The summed E-state index contributed by atoms with van der Waals surface area (Å²) in [6, 6.07) is 0.393. The Bertz CT molecular complexity index is 190. The van der Waals surface area contributed by atoms with Gasteiger partial charge in [0.25, 0.3) is 0 Å². The summed E-state index contributed by atoms with van der Waals surface area (Å²) < 4.78 is 4.90. The van der Waals surface area contributed by atoms with Crippen LogP contribution in [0.25, 0.3) is 0 Å². The second-order valence-corrected chi connectivity index (χ2v) is 3.68. The van der Waals surface area contributed by atoms with Crippen LogP contribution in [0.2, 0.25) is 0 Å². The summed E-state index contributed by atoms with van der Waals surface area (Å²) in [4.78, 5) is 13.7. The Morgan fingerprint density at radius 3 is 2.93 bits per heavy atom. The van der Waals surface area contributed by atoms with E-state index in [4.69, 9.17) is 4.74 Å². The first kappa shape index (κ1) is 14.7. The van der Waals surface area contributed by atoms with E-state index in [1.165, 1.54) is 0 Å². The van der Waals surface area contributed by atoms with Gasteiger partial charge in [0.15, 0.2) is 0 Å². The first-order chi connectivity index (χ1) is 6.79. The Kier molecular flexibility index (Phi) is 7.74. The van der Waals surface area contributed by atoms with Gasteiger partial charge < -0.3 is 15.0 Å². The molecule has 0 aromatic heterocycles. The van der Waals surface area contributed by atoms with Gasteiger partial charge in [-0.15, -0.1) is 12.4 Å². The van der Waals surface area contributed by atoms with E-state index in [1.807, 2.05) is 11.9 Å². The number of amides is 1. The van der Waals surface area contributed by atoms with Gasteiger partial charge in [0.05, 0.1) is 13.0 Å². The van der Waals surface area contributed by atoms with Crippen LogP contribution in [0.4, 0.5) is 0 Å². The molecule has 1 aliphatic heterocycles. The predicted molar refractivity (Wildman–Crippen MR) is 62.4 cm³/mol. The molecule has 1 saturated heterocycles. The number of nitrogens with one attached hydrogen (secondary N) is 1. The number of ether oxygens (including phenoxy) is 1. The lowest BCUT2D eigenvalue weighted by atomic mass is 10.2. The minimum absolute atomic E-state index is 0. The van der Waals surface area contributed by atoms with Crippen molar-refractivity contribution in [3.8, 4) is 0 Å². The molecule has 0 aromatic rings. The highest BCUT2D eigenvalue weighted by Crippen LogP contribution is 2.17. The van der Waals surface area contributed by atoms with Crippen molar-refractivity contribution >= 4 is 18.3 Å². The van der Waals surface area contributed by atoms with Crippen molar-refractivity contribution in [2.24, 2.45) is 0 Å². The molecule has 0 aromatic carbocycles. The van der Waals surface area contributed by atoms with E-state index >= 15 is 0 Å². The molecule has 1 atom stereocenters. The molecule has 0 spiro atoms. The van der Waals surface area contributed by atoms with Gasteiger partial charge in [0, 0.05) is 26.2 Å². The van der Waals surface area contributed by atoms with Gasteiger partial charge in [-0.3, -0.25) is 4.79 Å². The average molecular weight is 237 g/mol. The van der Waals surface area contributed by atoms with E-state index in [1.54, 1.807) is 7.11 Å². The number of halogens is 1. The molecule has 1 unspecified atom stereocenters. The molecular formula is C10H21ClN2O2. The highest BCUT2D eigenvalue weighted by Gasteiger charge is 2.27. The van der Waals surface area contributed by atoms with Crippen molar-refractivity contribution in [2.45, 2.75) is 25.3 Å². The Morgan fingerprint density at radius 2 is 2.33 bits per heavy atom. The lowest BCUT2D eigenvalue weighted by Crippen LogP contribution is -2.41. The minimum Gasteiger partial charge on any atom is -0.384 e. The number of carbonyl (C=O) groups excluding carboxylic acids is 1. The molecule has 4 nitrogen and oxygen atoms in total. The standard InChI is InChI=1S/C10H20N2O2.ClH/c1-11-8-9-4-3-6-12(9)10(13)5-7-14-2;/h9,11H,3-8H2,1-2H3;1H. The summed E-state index contributed by atoms with van der Waals surface area (Å²) in [5.74, 6) is 0.226. The van der Waals surface area contributed by atoms with Crippen molar-refractivity contribution in [1.29, 1.82) is 0 Å². The summed E-state index contributed by atoms with van der Waals surface area (Å²) in [6.07, 6.45) is 2.77. The third-order valence-electron chi connectivity index (χ3n) is 2.66. The Morgan fingerprint density at radius 1 is 1.60 bits per heavy atom. The maximum atomic E-state index is 11.7. The van der Waals surface area contributed by atoms with E-state index < -0.39 is 0 Å². The molecule has 1 amide bonds. The Balaban J connectivity index is 0.00000196. The topological polar surface area (TPSA) is 41.6 Å². The number of hydrogen-bond donors (Lipinski definition) is 1. The van der Waals surface area contributed by atoms with Crippen molar-refractivity contribution in [3.05, 3.63) is 0 Å². The van der Waals surface area contributed by atoms with Gasteiger partial charge in [-0.05, 0) is 19.9 Å². The fourth-order valence-electron chi connectivity index (χ4n) is 1.94. The predicted octanol–water partition coefficient (Wildman–Crippen LogP) is 0.655. The first-order valence-corrected chi connectivity index (χ1v) is 5.22. The molecule has 0 aliphatic carbocycles. The van der Waals surface area contributed by atoms with Crippen molar-refractivity contribution < 1.29 is 9.53 Å². The van der Waals surface area contributed by atoms with Crippen LogP contribution in [0, 0.1) is 0 Å². The fourth-order valence-corrected chi connectivity index (χ4v) is 1.94. The van der Waals surface area contributed by atoms with E-state index in [2.05, 4.69) is 5.32 Å². The molecule has 0 radical (unpaired) electrons. The Labute approximate surface area is 97.8 Å². The van der Waals surface area contributed by atoms with Crippen LogP contribution >= 0.6 is 12.4 Å². The molecule has 1 fully saturated rings. The van der Waals surface area contributed by atoms with Crippen LogP contribution < -0.4 is 5.32 Å². The number of rotatable bonds is 5. The van der Waals surface area contributed by atoms with Crippen LogP contribution in [-0.2, 0) is 9.53 Å². The third kappa shape index (κ3) is 4.36. The number of nitrogens with zero attached hydrogens (tertiary/aromatic N) is 1. The van der Waals surface area contributed by atoms with E-state index in [-0.39, 0.29) is 18.3 Å². The minimum atomic E-state index is 0. The van der Waals surface area contributed by atoms with Crippen molar-refractivity contribution in [2.75, 3.05) is 33.9 Å². The third-order valence-corrected chi connectivity index (χ3v) is 2.66. The van der Waals surface area contributed by atoms with Gasteiger partial charge in [-0.2, -0.15) is 0 Å². The lowest BCUT2D eigenvalue weighted by molar-refractivity contribution is -0.132. The summed E-state index contributed by atoms with van der Waals surface area (Å²) >= 11 is 0. The maximum absolute atomic E-state index is 11.7. The summed E-state index contributed by atoms with van der Waals surface area (Å²) in [5.41, 5.74) is 0. The van der Waals surface area contributed by atoms with Crippen LogP contribution in [-0.4, -0.2) is 50.7 Å². The van der Waals surface area contributed by atoms with Crippen LogP contribution in [0.15, 0.2) is 0 Å². The second kappa shape index (κ2) is 7.91. The van der Waals surface area contributed by atoms with Crippen LogP contribution in [0.1, 0.15) is 19.3 Å². The van der Waals surface area contributed by atoms with Crippen LogP contribution in [0.5, 0.6) is 0 Å². The number of hydrogen-bond acceptors (Lipinski definition) is 3. The number of carbonyl (C=O) groups is 1. The molecule has 5 heteroatoms. The SMILES string of the molecule is CNCC1CCCN1C(=O)CCOC.Cl. The molecule has 0 saturated carbocycles. The zero-order chi connectivity index (χ0) is 10.4. The number of likely N-dealkylation sites (N-methyl/N-ethyl adjacent to an activating group) is 1. The summed E-state index contributed by atoms with van der Waals surface area (Å²) in [7, 11) is 3.55. The molecule has 90 valence electrons. The van der Waals surface area contributed by atoms with Crippen molar-refractivity contribution in [1.82, 2.24) is 10.2 Å². The van der Waals surface area contributed by atoms with Gasteiger partial charge in [-0.25, -0.2) is 0 Å². The summed E-state index contributed by atoms with van der Waals surface area (Å²) in [5, 5.41) is 3.13. The Hall–Kier alpha value is -0.320. The molecule has 1 heterocycles. The lowest BCUT2D eigenvalue weighted by Gasteiger charge is -2.24. The number of methoxy groups -OCH3 is 1. The molecule has 15 heavy (non-hydrogen) atoms. The van der Waals surface area contributed by atoms with E-state index in [0.29, 0.717) is 19.1 Å². The molecule has 1 aliphatic rings. The fraction of sp³-hybridized carbons (Fsp3) is 0.900. The van der Waals surface area contributed by atoms with Gasteiger partial charge in [0.1, 0.15) is 0 Å². The van der Waals surface area contributed by atoms with E-state index in [0.717, 1.165) is 25.9 Å². The smallest absolute Gasteiger partial charge is 0.225 e. The molecular weight excluding hydrogens is 216 g/mol. The van der Waals surface area contributed by atoms with Gasteiger partial charge >= 0.3 is 0 Å². The van der Waals surface area contributed by atoms with Crippen LogP contribution in [0.3, 0.4) is 0 Å². The largest absolute Gasteiger partial charge is 0.384 e. The zero-order valence-electron chi connectivity index (χ0n) is 9.49. The van der Waals surface area contributed by atoms with Crippen molar-refractivity contribution in [3.63, 3.8) is 0 Å². The quantitative estimate of drug-likeness (QED) is 0.763. The van der Waals surface area contributed by atoms with Gasteiger partial charge in [0.2, 0.25) is 5.91 Å². The second-order valence-electron chi connectivity index (χ2n) is 3.68.